The third-order valence-electron chi connectivity index (χ3n) is 4.78. The molecule has 1 fully saturated rings. The number of carbonyl (C=O) groups is 1. The normalized spacial score (nSPS) is 18.6. The highest BCUT2D eigenvalue weighted by atomic mass is 16.5. The number of fused-ring (bicyclic) bond motifs is 1. The van der Waals surface area contributed by atoms with Crippen molar-refractivity contribution in [1.82, 2.24) is 9.78 Å². The number of methoxy groups -OCH3 is 1. The van der Waals surface area contributed by atoms with Crippen molar-refractivity contribution in [3.05, 3.63) is 47.3 Å². The molecule has 2 aromatic rings. The van der Waals surface area contributed by atoms with Crippen LogP contribution in [0.4, 0.5) is 0 Å². The molecule has 21 heavy (non-hydrogen) atoms. The molecule has 0 N–H and O–H groups in total. The third kappa shape index (κ3) is 2.15. The smallest absolute Gasteiger partial charge is 0.166 e. The molecule has 0 aliphatic heterocycles. The van der Waals surface area contributed by atoms with Crippen molar-refractivity contribution >= 4 is 5.78 Å². The highest BCUT2D eigenvalue weighted by Gasteiger charge is 2.48. The molecule has 108 valence electrons. The second kappa shape index (κ2) is 4.45. The highest BCUT2D eigenvalue weighted by Crippen LogP contribution is 2.54. The molecule has 2 aliphatic rings. The first-order chi connectivity index (χ1) is 10.2. The van der Waals surface area contributed by atoms with E-state index in [2.05, 4.69) is 5.10 Å². The number of Topliss-reactive ketones (excluding diaryl/α,β-unsaturated/α-hetero) is 1. The highest BCUT2D eigenvalue weighted by molar-refractivity contribution is 5.98. The molecule has 0 amide bonds. The molecule has 4 heteroatoms. The molecule has 1 saturated carbocycles. The SMILES string of the molecule is COc1ccc(Cn2ncc3c2CC2(CC2)CC3=O)cc1. The van der Waals surface area contributed by atoms with Crippen LogP contribution in [0.5, 0.6) is 5.75 Å². The van der Waals surface area contributed by atoms with E-state index in [0.717, 1.165) is 23.4 Å². The molecule has 1 spiro atoms. The van der Waals surface area contributed by atoms with Crippen molar-refractivity contribution in [2.24, 2.45) is 5.41 Å². The van der Waals surface area contributed by atoms with Crippen LogP contribution in [0.1, 0.15) is 40.9 Å². The second-order valence-electron chi connectivity index (χ2n) is 6.29. The van der Waals surface area contributed by atoms with Gasteiger partial charge in [-0.15, -0.1) is 0 Å². The van der Waals surface area contributed by atoms with Crippen LogP contribution in [0, 0.1) is 5.41 Å². The lowest BCUT2D eigenvalue weighted by atomic mass is 9.84. The summed E-state index contributed by atoms with van der Waals surface area (Å²) < 4.78 is 7.17. The zero-order valence-corrected chi connectivity index (χ0v) is 12.1. The van der Waals surface area contributed by atoms with Gasteiger partial charge in [0.05, 0.1) is 31.1 Å². The van der Waals surface area contributed by atoms with Crippen LogP contribution in [0.25, 0.3) is 0 Å². The summed E-state index contributed by atoms with van der Waals surface area (Å²) in [7, 11) is 1.67. The molecule has 0 atom stereocenters. The van der Waals surface area contributed by atoms with Gasteiger partial charge >= 0.3 is 0 Å². The van der Waals surface area contributed by atoms with Crippen molar-refractivity contribution in [3.8, 4) is 5.75 Å². The maximum atomic E-state index is 12.2. The monoisotopic (exact) mass is 282 g/mol. The Morgan fingerprint density at radius 2 is 2.00 bits per heavy atom. The van der Waals surface area contributed by atoms with E-state index in [-0.39, 0.29) is 11.2 Å². The van der Waals surface area contributed by atoms with Crippen molar-refractivity contribution in [3.63, 3.8) is 0 Å². The molecular formula is C17H18N2O2. The van der Waals surface area contributed by atoms with E-state index in [4.69, 9.17) is 4.74 Å². The Morgan fingerprint density at radius 3 is 2.67 bits per heavy atom. The quantitative estimate of drug-likeness (QED) is 0.869. The predicted molar refractivity (Wildman–Crippen MR) is 78.6 cm³/mol. The fourth-order valence-corrected chi connectivity index (χ4v) is 3.25. The van der Waals surface area contributed by atoms with E-state index in [9.17, 15) is 4.79 Å². The maximum absolute atomic E-state index is 12.2. The number of hydrogen-bond donors (Lipinski definition) is 0. The summed E-state index contributed by atoms with van der Waals surface area (Å²) in [5.74, 6) is 1.13. The van der Waals surface area contributed by atoms with Crippen molar-refractivity contribution in [2.45, 2.75) is 32.2 Å². The Hall–Kier alpha value is -2.10. The lowest BCUT2D eigenvalue weighted by Gasteiger charge is -2.21. The topological polar surface area (TPSA) is 44.1 Å². The van der Waals surface area contributed by atoms with Gasteiger partial charge in [0.15, 0.2) is 5.78 Å². The lowest BCUT2D eigenvalue weighted by Crippen LogP contribution is -2.23. The summed E-state index contributed by atoms with van der Waals surface area (Å²) in [6.45, 7) is 0.711. The molecule has 2 aliphatic carbocycles. The van der Waals surface area contributed by atoms with Gasteiger partial charge in [-0.3, -0.25) is 9.48 Å². The predicted octanol–water partition coefficient (Wildman–Crippen LogP) is 2.85. The first-order valence-electron chi connectivity index (χ1n) is 7.40. The average molecular weight is 282 g/mol. The van der Waals surface area contributed by atoms with Crippen molar-refractivity contribution < 1.29 is 9.53 Å². The summed E-state index contributed by atoms with van der Waals surface area (Å²) in [6, 6.07) is 8.01. The molecule has 1 aromatic heterocycles. The number of ketones is 1. The van der Waals surface area contributed by atoms with Gasteiger partial charge < -0.3 is 4.74 Å². The standard InChI is InChI=1S/C17H18N2O2/c1-21-13-4-2-12(3-5-13)11-19-15-8-17(6-7-17)9-16(20)14(15)10-18-19/h2-5,10H,6-9,11H2,1H3. The number of rotatable bonds is 3. The van der Waals surface area contributed by atoms with Crippen LogP contribution in [0.3, 0.4) is 0 Å². The minimum Gasteiger partial charge on any atom is -0.497 e. The third-order valence-corrected chi connectivity index (χ3v) is 4.78. The molecule has 0 saturated heterocycles. The van der Waals surface area contributed by atoms with Gasteiger partial charge in [-0.1, -0.05) is 12.1 Å². The molecule has 0 bridgehead atoms. The van der Waals surface area contributed by atoms with E-state index in [1.807, 2.05) is 28.9 Å². The van der Waals surface area contributed by atoms with Crippen LogP contribution in [0.2, 0.25) is 0 Å². The van der Waals surface area contributed by atoms with Gasteiger partial charge in [-0.05, 0) is 42.4 Å². The van der Waals surface area contributed by atoms with Gasteiger partial charge in [0.1, 0.15) is 5.75 Å². The Morgan fingerprint density at radius 1 is 1.24 bits per heavy atom. The molecule has 4 rings (SSSR count). The van der Waals surface area contributed by atoms with E-state index in [1.54, 1.807) is 13.3 Å². The number of nitrogens with zero attached hydrogens (tertiary/aromatic N) is 2. The Balaban J connectivity index is 1.62. The van der Waals surface area contributed by atoms with Gasteiger partial charge in [0.2, 0.25) is 0 Å². The summed E-state index contributed by atoms with van der Waals surface area (Å²) in [5.41, 5.74) is 3.40. The van der Waals surface area contributed by atoms with E-state index < -0.39 is 0 Å². The van der Waals surface area contributed by atoms with Crippen LogP contribution in [-0.4, -0.2) is 22.7 Å². The van der Waals surface area contributed by atoms with Crippen molar-refractivity contribution in [1.29, 1.82) is 0 Å². The van der Waals surface area contributed by atoms with Crippen LogP contribution in [0.15, 0.2) is 30.5 Å². The lowest BCUT2D eigenvalue weighted by molar-refractivity contribution is 0.0940. The van der Waals surface area contributed by atoms with Crippen LogP contribution >= 0.6 is 0 Å². The minimum atomic E-state index is 0.266. The van der Waals surface area contributed by atoms with E-state index in [1.165, 1.54) is 18.4 Å². The maximum Gasteiger partial charge on any atom is 0.166 e. The largest absolute Gasteiger partial charge is 0.497 e. The summed E-state index contributed by atoms with van der Waals surface area (Å²) in [6.07, 6.45) is 5.84. The molecule has 1 heterocycles. The van der Waals surface area contributed by atoms with E-state index >= 15 is 0 Å². The summed E-state index contributed by atoms with van der Waals surface area (Å²) >= 11 is 0. The Kier molecular flexibility index (Phi) is 2.67. The van der Waals surface area contributed by atoms with Crippen LogP contribution in [-0.2, 0) is 13.0 Å². The number of carbonyl (C=O) groups excluding carboxylic acids is 1. The number of aromatic nitrogens is 2. The number of hydrogen-bond acceptors (Lipinski definition) is 3. The molecule has 0 unspecified atom stereocenters. The first-order valence-corrected chi connectivity index (χ1v) is 7.40. The zero-order chi connectivity index (χ0) is 14.4. The van der Waals surface area contributed by atoms with Gasteiger partial charge in [0.25, 0.3) is 0 Å². The number of ether oxygens (including phenoxy) is 1. The van der Waals surface area contributed by atoms with Crippen LogP contribution < -0.4 is 4.74 Å². The van der Waals surface area contributed by atoms with Gasteiger partial charge in [0, 0.05) is 6.42 Å². The Labute approximate surface area is 123 Å². The molecular weight excluding hydrogens is 264 g/mol. The first kappa shape index (κ1) is 12.6. The minimum absolute atomic E-state index is 0.266. The fraction of sp³-hybridized carbons (Fsp3) is 0.412. The fourth-order valence-electron chi connectivity index (χ4n) is 3.25. The molecule has 1 aromatic carbocycles. The molecule has 0 radical (unpaired) electrons. The molecule has 4 nitrogen and oxygen atoms in total. The number of benzene rings is 1. The van der Waals surface area contributed by atoms with Gasteiger partial charge in [-0.25, -0.2) is 0 Å². The Bertz CT molecular complexity index is 696. The zero-order valence-electron chi connectivity index (χ0n) is 12.1. The summed E-state index contributed by atoms with van der Waals surface area (Å²) in [4.78, 5) is 12.2. The average Bonchev–Trinajstić information content (AvgIpc) is 3.11. The van der Waals surface area contributed by atoms with Crippen molar-refractivity contribution in [2.75, 3.05) is 7.11 Å². The van der Waals surface area contributed by atoms with E-state index in [0.29, 0.717) is 13.0 Å². The second-order valence-corrected chi connectivity index (χ2v) is 6.29. The van der Waals surface area contributed by atoms with Gasteiger partial charge in [-0.2, -0.15) is 5.10 Å². The summed E-state index contributed by atoms with van der Waals surface area (Å²) in [5, 5.41) is 4.44.